The van der Waals surface area contributed by atoms with Crippen LogP contribution in [-0.4, -0.2) is 15.0 Å². The maximum absolute atomic E-state index is 13.1. The first-order chi connectivity index (χ1) is 11.7. The summed E-state index contributed by atoms with van der Waals surface area (Å²) in [6.45, 7) is 0.431. The molecule has 0 aliphatic rings. The van der Waals surface area contributed by atoms with Gasteiger partial charge in [-0.05, 0) is 17.7 Å². The van der Waals surface area contributed by atoms with Crippen LogP contribution < -0.4 is 10.1 Å². The van der Waals surface area contributed by atoms with Crippen molar-refractivity contribution in [3.63, 3.8) is 0 Å². The second-order valence-electron chi connectivity index (χ2n) is 4.78. The summed E-state index contributed by atoms with van der Waals surface area (Å²) in [7, 11) is 0. The Bertz CT molecular complexity index is 877. The van der Waals surface area contributed by atoms with Crippen molar-refractivity contribution in [3.8, 4) is 17.7 Å². The van der Waals surface area contributed by atoms with Gasteiger partial charge in [0.2, 0.25) is 5.88 Å². The van der Waals surface area contributed by atoms with Crippen LogP contribution in [0, 0.1) is 17.1 Å². The van der Waals surface area contributed by atoms with Crippen LogP contribution in [0.3, 0.4) is 0 Å². The number of halogens is 1. The van der Waals surface area contributed by atoms with Crippen molar-refractivity contribution in [1.82, 2.24) is 15.0 Å². The fourth-order valence-electron chi connectivity index (χ4n) is 1.96. The Hall–Kier alpha value is -3.53. The first kappa shape index (κ1) is 15.4. The predicted molar refractivity (Wildman–Crippen MR) is 84.8 cm³/mol. The van der Waals surface area contributed by atoms with E-state index in [1.807, 2.05) is 12.1 Å². The quantitative estimate of drug-likeness (QED) is 0.776. The van der Waals surface area contributed by atoms with Gasteiger partial charge in [-0.2, -0.15) is 5.26 Å². The number of pyridine rings is 1. The smallest absolute Gasteiger partial charge is 0.219 e. The molecule has 2 heterocycles. The molecule has 0 radical (unpaired) electrons. The Balaban J connectivity index is 1.63. The molecule has 6 nitrogen and oxygen atoms in total. The summed E-state index contributed by atoms with van der Waals surface area (Å²) in [5.41, 5.74) is 1.10. The molecule has 0 saturated heterocycles. The van der Waals surface area contributed by atoms with Crippen molar-refractivity contribution in [2.45, 2.75) is 6.54 Å². The molecule has 1 N–H and O–H groups in total. The fraction of sp³-hybridized carbons (Fsp3) is 0.0588. The standard InChI is InChI=1S/C17H12FN5O/c18-13-2-1-3-14(8-13)24-16-5-4-12(10-22-16)11-23-17-15(9-19)20-6-7-21-17/h1-8,10H,11H2,(H,21,23). The van der Waals surface area contributed by atoms with Gasteiger partial charge in [-0.1, -0.05) is 12.1 Å². The van der Waals surface area contributed by atoms with Crippen LogP contribution in [0.5, 0.6) is 11.6 Å². The molecule has 0 atom stereocenters. The monoisotopic (exact) mass is 321 g/mol. The van der Waals surface area contributed by atoms with Crippen LogP contribution in [-0.2, 0) is 6.54 Å². The number of nitriles is 1. The van der Waals surface area contributed by atoms with Crippen molar-refractivity contribution >= 4 is 5.82 Å². The van der Waals surface area contributed by atoms with E-state index < -0.39 is 0 Å². The van der Waals surface area contributed by atoms with E-state index in [1.165, 1.54) is 24.5 Å². The summed E-state index contributed by atoms with van der Waals surface area (Å²) < 4.78 is 18.6. The van der Waals surface area contributed by atoms with Crippen molar-refractivity contribution in [1.29, 1.82) is 5.26 Å². The number of rotatable bonds is 5. The number of hydrogen-bond donors (Lipinski definition) is 1. The zero-order chi connectivity index (χ0) is 16.8. The van der Waals surface area contributed by atoms with E-state index in [0.29, 0.717) is 24.0 Å². The van der Waals surface area contributed by atoms with E-state index in [1.54, 1.807) is 24.4 Å². The number of nitrogens with one attached hydrogen (secondary N) is 1. The maximum Gasteiger partial charge on any atom is 0.219 e. The molecule has 0 amide bonds. The van der Waals surface area contributed by atoms with Crippen molar-refractivity contribution in [2.24, 2.45) is 0 Å². The molecule has 7 heteroatoms. The summed E-state index contributed by atoms with van der Waals surface area (Å²) in [6, 6.07) is 11.3. The minimum atomic E-state index is -0.370. The minimum Gasteiger partial charge on any atom is -0.439 e. The molecule has 0 aliphatic carbocycles. The molecule has 0 aliphatic heterocycles. The van der Waals surface area contributed by atoms with E-state index in [9.17, 15) is 4.39 Å². The third-order valence-electron chi connectivity index (χ3n) is 3.08. The van der Waals surface area contributed by atoms with Gasteiger partial charge in [-0.3, -0.25) is 0 Å². The molecular formula is C17H12FN5O. The third kappa shape index (κ3) is 3.81. The lowest BCUT2D eigenvalue weighted by Gasteiger charge is -2.08. The SMILES string of the molecule is N#Cc1nccnc1NCc1ccc(Oc2cccc(F)c2)nc1. The van der Waals surface area contributed by atoms with E-state index in [4.69, 9.17) is 10.00 Å². The Labute approximate surface area is 137 Å². The summed E-state index contributed by atoms with van der Waals surface area (Å²) in [6.07, 6.45) is 4.60. The summed E-state index contributed by atoms with van der Waals surface area (Å²) in [5.74, 6) is 0.791. The number of nitrogens with zero attached hydrogens (tertiary/aromatic N) is 4. The van der Waals surface area contributed by atoms with Gasteiger partial charge in [0.25, 0.3) is 0 Å². The van der Waals surface area contributed by atoms with Gasteiger partial charge in [0.15, 0.2) is 11.5 Å². The number of anilines is 1. The fourth-order valence-corrected chi connectivity index (χ4v) is 1.96. The van der Waals surface area contributed by atoms with Crippen LogP contribution in [0.15, 0.2) is 55.0 Å². The topological polar surface area (TPSA) is 83.7 Å². The van der Waals surface area contributed by atoms with Gasteiger partial charge in [0.05, 0.1) is 0 Å². The lowest BCUT2D eigenvalue weighted by atomic mass is 10.3. The zero-order valence-corrected chi connectivity index (χ0v) is 12.5. The molecule has 1 aromatic carbocycles. The highest BCUT2D eigenvalue weighted by Crippen LogP contribution is 2.20. The van der Waals surface area contributed by atoms with Crippen LogP contribution >= 0.6 is 0 Å². The first-order valence-corrected chi connectivity index (χ1v) is 7.08. The predicted octanol–water partition coefficient (Wildman–Crippen LogP) is 3.29. The van der Waals surface area contributed by atoms with E-state index >= 15 is 0 Å². The van der Waals surface area contributed by atoms with Crippen LogP contribution in [0.2, 0.25) is 0 Å². The highest BCUT2D eigenvalue weighted by molar-refractivity contribution is 5.47. The van der Waals surface area contributed by atoms with E-state index in [0.717, 1.165) is 5.56 Å². The average Bonchev–Trinajstić information content (AvgIpc) is 2.61. The Morgan fingerprint density at radius 2 is 2.00 bits per heavy atom. The van der Waals surface area contributed by atoms with Gasteiger partial charge < -0.3 is 10.1 Å². The normalized spacial score (nSPS) is 10.0. The van der Waals surface area contributed by atoms with Crippen LogP contribution in [0.25, 0.3) is 0 Å². The zero-order valence-electron chi connectivity index (χ0n) is 12.5. The van der Waals surface area contributed by atoms with Gasteiger partial charge in [-0.25, -0.2) is 19.3 Å². The Morgan fingerprint density at radius 1 is 1.12 bits per heavy atom. The van der Waals surface area contributed by atoms with Crippen LogP contribution in [0.4, 0.5) is 10.2 Å². The first-order valence-electron chi connectivity index (χ1n) is 7.08. The molecule has 0 saturated carbocycles. The van der Waals surface area contributed by atoms with Gasteiger partial charge >= 0.3 is 0 Å². The Morgan fingerprint density at radius 3 is 2.75 bits per heavy atom. The van der Waals surface area contributed by atoms with E-state index in [-0.39, 0.29) is 11.5 Å². The van der Waals surface area contributed by atoms with Gasteiger partial charge in [0, 0.05) is 37.3 Å². The maximum atomic E-state index is 13.1. The number of aromatic nitrogens is 3. The highest BCUT2D eigenvalue weighted by Gasteiger charge is 2.04. The molecule has 2 aromatic heterocycles. The molecule has 3 aromatic rings. The van der Waals surface area contributed by atoms with Crippen molar-refractivity contribution in [2.75, 3.05) is 5.32 Å². The molecule has 24 heavy (non-hydrogen) atoms. The largest absolute Gasteiger partial charge is 0.439 e. The van der Waals surface area contributed by atoms with E-state index in [2.05, 4.69) is 20.3 Å². The van der Waals surface area contributed by atoms with Crippen molar-refractivity contribution in [3.05, 3.63) is 72.1 Å². The highest BCUT2D eigenvalue weighted by atomic mass is 19.1. The number of ether oxygens (including phenoxy) is 1. The average molecular weight is 321 g/mol. The summed E-state index contributed by atoms with van der Waals surface area (Å²) >= 11 is 0. The molecule has 0 unspecified atom stereocenters. The van der Waals surface area contributed by atoms with Crippen molar-refractivity contribution < 1.29 is 9.13 Å². The molecule has 0 fully saturated rings. The van der Waals surface area contributed by atoms with Gasteiger partial charge in [-0.15, -0.1) is 0 Å². The number of benzene rings is 1. The van der Waals surface area contributed by atoms with Crippen LogP contribution in [0.1, 0.15) is 11.3 Å². The second kappa shape index (κ2) is 7.15. The lowest BCUT2D eigenvalue weighted by Crippen LogP contribution is -2.04. The lowest BCUT2D eigenvalue weighted by molar-refractivity contribution is 0.458. The molecule has 3 rings (SSSR count). The molecular weight excluding hydrogens is 309 g/mol. The molecule has 0 bridgehead atoms. The van der Waals surface area contributed by atoms with Gasteiger partial charge in [0.1, 0.15) is 17.6 Å². The summed E-state index contributed by atoms with van der Waals surface area (Å²) in [5, 5.41) is 12.0. The second-order valence-corrected chi connectivity index (χ2v) is 4.78. The number of hydrogen-bond acceptors (Lipinski definition) is 6. The molecule has 118 valence electrons. The summed E-state index contributed by atoms with van der Waals surface area (Å²) in [4.78, 5) is 12.2. The minimum absolute atomic E-state index is 0.233. The molecule has 0 spiro atoms. The Kier molecular flexibility index (Phi) is 4.58. The third-order valence-corrected chi connectivity index (χ3v) is 3.08.